The number of carbonyl (C=O) groups is 1. The topological polar surface area (TPSA) is 61.8 Å². The standard InChI is InChI=1S/C16H24N2O3/c1-11-10-14(4-5-15(11)21-3)17-16(20)18-8-6-13(7-9-18)12(2)19/h4-5,10,12-13,19H,6-9H2,1-3H3,(H,17,20). The van der Waals surface area contributed by atoms with Crippen molar-refractivity contribution in [2.75, 3.05) is 25.5 Å². The molecule has 2 N–H and O–H groups in total. The van der Waals surface area contributed by atoms with Gasteiger partial charge in [0.2, 0.25) is 0 Å². The van der Waals surface area contributed by atoms with Crippen LogP contribution >= 0.6 is 0 Å². The van der Waals surface area contributed by atoms with E-state index in [2.05, 4.69) is 5.32 Å². The highest BCUT2D eigenvalue weighted by Crippen LogP contribution is 2.23. The maximum absolute atomic E-state index is 12.2. The Morgan fingerprint density at radius 3 is 2.62 bits per heavy atom. The number of carbonyl (C=O) groups excluding carboxylic acids is 1. The van der Waals surface area contributed by atoms with E-state index < -0.39 is 0 Å². The van der Waals surface area contributed by atoms with Gasteiger partial charge in [-0.15, -0.1) is 0 Å². The summed E-state index contributed by atoms with van der Waals surface area (Å²) in [5.74, 6) is 1.11. The first kappa shape index (κ1) is 15.6. The molecule has 1 unspecified atom stereocenters. The van der Waals surface area contributed by atoms with E-state index in [1.165, 1.54) is 0 Å². The van der Waals surface area contributed by atoms with Crippen LogP contribution in [0.25, 0.3) is 0 Å². The third-order valence-corrected chi connectivity index (χ3v) is 4.16. The number of urea groups is 1. The number of amides is 2. The molecule has 1 fully saturated rings. The van der Waals surface area contributed by atoms with Crippen molar-refractivity contribution < 1.29 is 14.6 Å². The lowest BCUT2D eigenvalue weighted by Gasteiger charge is -2.33. The van der Waals surface area contributed by atoms with E-state index in [9.17, 15) is 9.90 Å². The van der Waals surface area contributed by atoms with E-state index in [1.54, 1.807) is 12.0 Å². The fourth-order valence-corrected chi connectivity index (χ4v) is 2.74. The van der Waals surface area contributed by atoms with Crippen LogP contribution < -0.4 is 10.1 Å². The molecule has 2 amide bonds. The highest BCUT2D eigenvalue weighted by molar-refractivity contribution is 5.89. The molecule has 0 radical (unpaired) electrons. The van der Waals surface area contributed by atoms with Crippen LogP contribution in [0.1, 0.15) is 25.3 Å². The number of hydrogen-bond donors (Lipinski definition) is 2. The van der Waals surface area contributed by atoms with Gasteiger partial charge < -0.3 is 20.1 Å². The SMILES string of the molecule is COc1ccc(NC(=O)N2CCC(C(C)O)CC2)cc1C. The summed E-state index contributed by atoms with van der Waals surface area (Å²) in [5, 5.41) is 12.5. The van der Waals surface area contributed by atoms with E-state index >= 15 is 0 Å². The van der Waals surface area contributed by atoms with Crippen LogP contribution in [0.4, 0.5) is 10.5 Å². The van der Waals surface area contributed by atoms with Crippen molar-refractivity contribution in [2.24, 2.45) is 5.92 Å². The van der Waals surface area contributed by atoms with Gasteiger partial charge in [0, 0.05) is 18.8 Å². The molecule has 21 heavy (non-hydrogen) atoms. The van der Waals surface area contributed by atoms with Gasteiger partial charge in [-0.05, 0) is 56.4 Å². The summed E-state index contributed by atoms with van der Waals surface area (Å²) in [4.78, 5) is 14.0. The van der Waals surface area contributed by atoms with Crippen LogP contribution in [0.15, 0.2) is 18.2 Å². The van der Waals surface area contributed by atoms with E-state index in [0.717, 1.165) is 29.8 Å². The summed E-state index contributed by atoms with van der Waals surface area (Å²) >= 11 is 0. The summed E-state index contributed by atoms with van der Waals surface area (Å²) < 4.78 is 5.21. The molecule has 0 aliphatic carbocycles. The molecule has 1 atom stereocenters. The summed E-state index contributed by atoms with van der Waals surface area (Å²) in [6, 6.07) is 5.51. The van der Waals surface area contributed by atoms with E-state index in [0.29, 0.717) is 19.0 Å². The van der Waals surface area contributed by atoms with Crippen molar-refractivity contribution in [1.29, 1.82) is 0 Å². The Morgan fingerprint density at radius 1 is 1.43 bits per heavy atom. The molecule has 1 aromatic rings. The summed E-state index contributed by atoms with van der Waals surface area (Å²) in [6.45, 7) is 5.15. The molecule has 5 heteroatoms. The number of hydrogen-bond acceptors (Lipinski definition) is 3. The summed E-state index contributed by atoms with van der Waals surface area (Å²) in [7, 11) is 1.63. The summed E-state index contributed by atoms with van der Waals surface area (Å²) in [6.07, 6.45) is 1.42. The second-order valence-electron chi connectivity index (χ2n) is 5.68. The third-order valence-electron chi connectivity index (χ3n) is 4.16. The van der Waals surface area contributed by atoms with Crippen molar-refractivity contribution >= 4 is 11.7 Å². The summed E-state index contributed by atoms with van der Waals surface area (Å²) in [5.41, 5.74) is 1.76. The minimum atomic E-state index is -0.292. The predicted octanol–water partition coefficient (Wildman–Crippen LogP) is 2.63. The zero-order valence-electron chi connectivity index (χ0n) is 12.9. The Morgan fingerprint density at radius 2 is 2.10 bits per heavy atom. The number of piperidine rings is 1. The Kier molecular flexibility index (Phi) is 5.07. The average molecular weight is 292 g/mol. The number of nitrogens with zero attached hydrogens (tertiary/aromatic N) is 1. The molecular weight excluding hydrogens is 268 g/mol. The first-order valence-corrected chi connectivity index (χ1v) is 7.40. The number of methoxy groups -OCH3 is 1. The Hall–Kier alpha value is -1.75. The van der Waals surface area contributed by atoms with Gasteiger partial charge in [0.25, 0.3) is 0 Å². The van der Waals surface area contributed by atoms with Gasteiger partial charge >= 0.3 is 6.03 Å². The minimum absolute atomic E-state index is 0.0800. The van der Waals surface area contributed by atoms with Gasteiger partial charge in [0.1, 0.15) is 5.75 Å². The average Bonchev–Trinajstić information content (AvgIpc) is 2.47. The first-order chi connectivity index (χ1) is 10.0. The highest BCUT2D eigenvalue weighted by atomic mass is 16.5. The smallest absolute Gasteiger partial charge is 0.321 e. The molecule has 0 saturated carbocycles. The van der Waals surface area contributed by atoms with Gasteiger partial charge in [0.05, 0.1) is 13.2 Å². The molecule has 2 rings (SSSR count). The number of aliphatic hydroxyl groups is 1. The van der Waals surface area contributed by atoms with Crippen molar-refractivity contribution in [3.05, 3.63) is 23.8 Å². The molecule has 1 aliphatic rings. The Bertz CT molecular complexity index is 494. The first-order valence-electron chi connectivity index (χ1n) is 7.40. The van der Waals surface area contributed by atoms with Crippen molar-refractivity contribution in [2.45, 2.75) is 32.8 Å². The number of ether oxygens (including phenoxy) is 1. The van der Waals surface area contributed by atoms with Crippen LogP contribution in [-0.2, 0) is 0 Å². The van der Waals surface area contributed by atoms with Crippen molar-refractivity contribution in [1.82, 2.24) is 4.90 Å². The maximum Gasteiger partial charge on any atom is 0.321 e. The van der Waals surface area contributed by atoms with Crippen LogP contribution in [-0.4, -0.2) is 42.3 Å². The van der Waals surface area contributed by atoms with Gasteiger partial charge in [-0.25, -0.2) is 4.79 Å². The molecule has 0 aromatic heterocycles. The van der Waals surface area contributed by atoms with E-state index in [1.807, 2.05) is 32.0 Å². The molecule has 1 heterocycles. The fourth-order valence-electron chi connectivity index (χ4n) is 2.74. The Balaban J connectivity index is 1.92. The zero-order chi connectivity index (χ0) is 15.4. The van der Waals surface area contributed by atoms with Gasteiger partial charge in [-0.3, -0.25) is 0 Å². The van der Waals surface area contributed by atoms with Crippen LogP contribution in [0.3, 0.4) is 0 Å². The number of benzene rings is 1. The van der Waals surface area contributed by atoms with Crippen molar-refractivity contribution in [3.8, 4) is 5.75 Å². The number of rotatable bonds is 3. The van der Waals surface area contributed by atoms with Crippen LogP contribution in [0.5, 0.6) is 5.75 Å². The molecule has 5 nitrogen and oxygen atoms in total. The number of aliphatic hydroxyl groups excluding tert-OH is 1. The van der Waals surface area contributed by atoms with Gasteiger partial charge in [-0.1, -0.05) is 0 Å². The molecule has 1 saturated heterocycles. The monoisotopic (exact) mass is 292 g/mol. The fraction of sp³-hybridized carbons (Fsp3) is 0.562. The highest BCUT2D eigenvalue weighted by Gasteiger charge is 2.25. The maximum atomic E-state index is 12.2. The molecule has 1 aromatic carbocycles. The third kappa shape index (κ3) is 3.88. The quantitative estimate of drug-likeness (QED) is 0.900. The van der Waals surface area contributed by atoms with Crippen LogP contribution in [0.2, 0.25) is 0 Å². The zero-order valence-corrected chi connectivity index (χ0v) is 12.9. The molecule has 1 aliphatic heterocycles. The molecule has 0 spiro atoms. The predicted molar refractivity (Wildman–Crippen MR) is 82.7 cm³/mol. The van der Waals surface area contributed by atoms with E-state index in [4.69, 9.17) is 4.74 Å². The number of anilines is 1. The second-order valence-corrected chi connectivity index (χ2v) is 5.68. The number of aryl methyl sites for hydroxylation is 1. The second kappa shape index (κ2) is 6.80. The minimum Gasteiger partial charge on any atom is -0.496 e. The largest absolute Gasteiger partial charge is 0.496 e. The molecule has 0 bridgehead atoms. The lowest BCUT2D eigenvalue weighted by molar-refractivity contribution is 0.0820. The Labute approximate surface area is 125 Å². The van der Waals surface area contributed by atoms with Gasteiger partial charge in [-0.2, -0.15) is 0 Å². The van der Waals surface area contributed by atoms with Crippen LogP contribution in [0, 0.1) is 12.8 Å². The number of nitrogens with one attached hydrogen (secondary N) is 1. The van der Waals surface area contributed by atoms with Gasteiger partial charge in [0.15, 0.2) is 0 Å². The van der Waals surface area contributed by atoms with Crippen molar-refractivity contribution in [3.63, 3.8) is 0 Å². The lowest BCUT2D eigenvalue weighted by Crippen LogP contribution is -2.42. The normalized spacial score (nSPS) is 17.4. The molecular formula is C16H24N2O3. The molecule has 116 valence electrons. The lowest BCUT2D eigenvalue weighted by atomic mass is 9.92. The number of likely N-dealkylation sites (tertiary alicyclic amines) is 1. The van der Waals surface area contributed by atoms with E-state index in [-0.39, 0.29) is 12.1 Å².